The Balaban J connectivity index is 1.55. The molecule has 0 radical (unpaired) electrons. The van der Waals surface area contributed by atoms with Crippen molar-refractivity contribution >= 4 is 32.7 Å². The number of sulfonamides is 1. The number of nitrogens with zero attached hydrogens (tertiary/aromatic N) is 1. The SMILES string of the molecule is Cc1c(C(=O)N[C@H]2C[C@H](C(=O)O)C2)cc(-c2ccc(S(=O)(=O)NCC(F)(F)F)c3ccccc23)n1CC1CCCCC1. The fourth-order valence-corrected chi connectivity index (χ4v) is 7.37. The average molecular weight is 606 g/mol. The summed E-state index contributed by atoms with van der Waals surface area (Å²) in [5.41, 5.74) is 2.57. The summed E-state index contributed by atoms with van der Waals surface area (Å²) in [6.45, 7) is 0.853. The van der Waals surface area contributed by atoms with E-state index in [1.807, 2.05) is 6.92 Å². The molecule has 2 fully saturated rings. The van der Waals surface area contributed by atoms with Crippen molar-refractivity contribution in [2.24, 2.45) is 11.8 Å². The molecule has 42 heavy (non-hydrogen) atoms. The number of carboxylic acids is 1. The van der Waals surface area contributed by atoms with Crippen molar-refractivity contribution in [3.05, 3.63) is 53.7 Å². The zero-order valence-corrected chi connectivity index (χ0v) is 24.0. The maximum absolute atomic E-state index is 13.4. The van der Waals surface area contributed by atoms with E-state index in [4.69, 9.17) is 0 Å². The maximum atomic E-state index is 13.4. The highest BCUT2D eigenvalue weighted by atomic mass is 32.2. The highest BCUT2D eigenvalue weighted by Gasteiger charge is 2.36. The maximum Gasteiger partial charge on any atom is 0.402 e. The highest BCUT2D eigenvalue weighted by molar-refractivity contribution is 7.89. The fourth-order valence-electron chi connectivity index (χ4n) is 6.15. The Bertz CT molecular complexity index is 1600. The van der Waals surface area contributed by atoms with Gasteiger partial charge in [0, 0.05) is 34.9 Å². The second kappa shape index (κ2) is 11.7. The topological polar surface area (TPSA) is 118 Å². The van der Waals surface area contributed by atoms with Gasteiger partial charge in [0.05, 0.1) is 16.4 Å². The van der Waals surface area contributed by atoms with Gasteiger partial charge in [-0.3, -0.25) is 9.59 Å². The van der Waals surface area contributed by atoms with E-state index < -0.39 is 34.6 Å². The normalized spacial score (nSPS) is 19.9. The molecule has 2 aromatic carbocycles. The minimum atomic E-state index is -4.70. The molecule has 8 nitrogen and oxygen atoms in total. The number of rotatable bonds is 9. The zero-order valence-electron chi connectivity index (χ0n) is 23.2. The van der Waals surface area contributed by atoms with Crippen molar-refractivity contribution in [3.63, 3.8) is 0 Å². The number of carbonyl (C=O) groups is 2. The Morgan fingerprint density at radius 2 is 1.69 bits per heavy atom. The molecular formula is C30H34F3N3O5S. The van der Waals surface area contributed by atoms with Crippen molar-refractivity contribution in [2.75, 3.05) is 6.54 Å². The molecule has 0 bridgehead atoms. The average Bonchev–Trinajstić information content (AvgIpc) is 3.24. The molecule has 12 heteroatoms. The van der Waals surface area contributed by atoms with Gasteiger partial charge in [-0.05, 0) is 56.0 Å². The minimum Gasteiger partial charge on any atom is -0.481 e. The molecule has 5 rings (SSSR count). The van der Waals surface area contributed by atoms with Gasteiger partial charge in [-0.15, -0.1) is 0 Å². The Hall–Kier alpha value is -3.38. The van der Waals surface area contributed by atoms with E-state index in [-0.39, 0.29) is 22.2 Å². The first-order valence-electron chi connectivity index (χ1n) is 14.2. The smallest absolute Gasteiger partial charge is 0.402 e. The fraction of sp³-hybridized carbons (Fsp3) is 0.467. The van der Waals surface area contributed by atoms with E-state index in [1.54, 1.807) is 41.1 Å². The number of fused-ring (bicyclic) bond motifs is 1. The zero-order chi connectivity index (χ0) is 30.2. The quantitative estimate of drug-likeness (QED) is 0.292. The second-order valence-electron chi connectivity index (χ2n) is 11.4. The van der Waals surface area contributed by atoms with E-state index in [0.29, 0.717) is 47.5 Å². The van der Waals surface area contributed by atoms with Gasteiger partial charge in [-0.25, -0.2) is 13.1 Å². The van der Waals surface area contributed by atoms with Crippen LogP contribution in [-0.4, -0.2) is 48.7 Å². The number of benzene rings is 2. The summed E-state index contributed by atoms with van der Waals surface area (Å²) >= 11 is 0. The third-order valence-electron chi connectivity index (χ3n) is 8.51. The van der Waals surface area contributed by atoms with E-state index in [9.17, 15) is 36.3 Å². The number of amides is 1. The molecule has 3 N–H and O–H groups in total. The summed E-state index contributed by atoms with van der Waals surface area (Å²) in [6, 6.07) is 11.1. The first-order valence-corrected chi connectivity index (χ1v) is 15.6. The van der Waals surface area contributed by atoms with Crippen LogP contribution in [0.3, 0.4) is 0 Å². The van der Waals surface area contributed by atoms with Crippen molar-refractivity contribution in [2.45, 2.75) is 75.5 Å². The van der Waals surface area contributed by atoms with Crippen LogP contribution in [-0.2, 0) is 21.4 Å². The number of carboxylic acid groups (broad SMARTS) is 1. The predicted octanol–water partition coefficient (Wildman–Crippen LogP) is 5.63. The van der Waals surface area contributed by atoms with Gasteiger partial charge in [0.1, 0.15) is 6.54 Å². The van der Waals surface area contributed by atoms with Gasteiger partial charge in [-0.2, -0.15) is 13.2 Å². The number of halogens is 3. The Labute approximate surface area is 242 Å². The van der Waals surface area contributed by atoms with E-state index in [0.717, 1.165) is 31.4 Å². The summed E-state index contributed by atoms with van der Waals surface area (Å²) in [7, 11) is -4.47. The lowest BCUT2D eigenvalue weighted by Crippen LogP contribution is -2.46. The number of alkyl halides is 3. The third kappa shape index (κ3) is 6.34. The van der Waals surface area contributed by atoms with Crippen molar-refractivity contribution in [1.29, 1.82) is 0 Å². The van der Waals surface area contributed by atoms with Gasteiger partial charge in [0.15, 0.2) is 0 Å². The summed E-state index contributed by atoms with van der Waals surface area (Å²) in [5.74, 6) is -1.23. The summed E-state index contributed by atoms with van der Waals surface area (Å²) in [5, 5.41) is 12.9. The molecule has 0 atom stereocenters. The van der Waals surface area contributed by atoms with Gasteiger partial charge in [-0.1, -0.05) is 49.6 Å². The Kier molecular flexibility index (Phi) is 8.39. The lowest BCUT2D eigenvalue weighted by Gasteiger charge is -2.32. The van der Waals surface area contributed by atoms with Crippen LogP contribution in [0.1, 0.15) is 61.0 Å². The Morgan fingerprint density at radius 1 is 1.02 bits per heavy atom. The van der Waals surface area contributed by atoms with Crippen molar-refractivity contribution in [1.82, 2.24) is 14.6 Å². The minimum absolute atomic E-state index is 0.224. The number of carbonyl (C=O) groups excluding carboxylic acids is 1. The summed E-state index contributed by atoms with van der Waals surface area (Å²) in [4.78, 5) is 24.3. The molecule has 0 saturated heterocycles. The van der Waals surface area contributed by atoms with Gasteiger partial charge in [0.2, 0.25) is 10.0 Å². The van der Waals surface area contributed by atoms with Crippen LogP contribution in [0.25, 0.3) is 22.0 Å². The van der Waals surface area contributed by atoms with E-state index in [2.05, 4.69) is 9.88 Å². The number of hydrogen-bond acceptors (Lipinski definition) is 4. The van der Waals surface area contributed by atoms with Crippen LogP contribution in [0.4, 0.5) is 13.2 Å². The van der Waals surface area contributed by atoms with Crippen LogP contribution >= 0.6 is 0 Å². The van der Waals surface area contributed by atoms with Crippen LogP contribution in [0, 0.1) is 18.8 Å². The van der Waals surface area contributed by atoms with Gasteiger partial charge < -0.3 is 15.0 Å². The molecule has 2 saturated carbocycles. The Morgan fingerprint density at radius 3 is 2.33 bits per heavy atom. The number of hydrogen-bond donors (Lipinski definition) is 3. The van der Waals surface area contributed by atoms with Crippen LogP contribution < -0.4 is 10.0 Å². The largest absolute Gasteiger partial charge is 0.481 e. The standard InChI is InChI=1S/C30H34F3N3O5S/c1-18-25(28(37)35-21-13-20(14-21)29(38)39)15-26(36(18)16-19-7-3-2-4-8-19)23-11-12-27(24-10-6-5-9-22(23)24)42(40,41)34-17-30(31,32)33/h5-6,9-12,15,19-21,34H,2-4,7-8,13-14,16-17H2,1H3,(H,35,37)(H,38,39)/t20-,21-. The first-order chi connectivity index (χ1) is 19.8. The molecule has 2 aliphatic rings. The lowest BCUT2D eigenvalue weighted by atomic mass is 9.80. The molecule has 1 aromatic heterocycles. The molecular weight excluding hydrogens is 571 g/mol. The molecule has 226 valence electrons. The summed E-state index contributed by atoms with van der Waals surface area (Å²) < 4.78 is 68.0. The van der Waals surface area contributed by atoms with Gasteiger partial charge in [0.25, 0.3) is 5.91 Å². The predicted molar refractivity (Wildman–Crippen MR) is 152 cm³/mol. The lowest BCUT2D eigenvalue weighted by molar-refractivity contribution is -0.145. The number of aromatic nitrogens is 1. The molecule has 1 amide bonds. The van der Waals surface area contributed by atoms with Crippen LogP contribution in [0.2, 0.25) is 0 Å². The van der Waals surface area contributed by atoms with Crippen molar-refractivity contribution < 1.29 is 36.3 Å². The molecule has 2 aliphatic carbocycles. The van der Waals surface area contributed by atoms with E-state index in [1.165, 1.54) is 12.5 Å². The summed E-state index contributed by atoms with van der Waals surface area (Å²) in [6.07, 6.45) is 1.59. The van der Waals surface area contributed by atoms with Crippen LogP contribution in [0.15, 0.2) is 47.4 Å². The number of nitrogens with one attached hydrogen (secondary N) is 2. The highest BCUT2D eigenvalue weighted by Crippen LogP contribution is 2.37. The van der Waals surface area contributed by atoms with Crippen LogP contribution in [0.5, 0.6) is 0 Å². The van der Waals surface area contributed by atoms with E-state index >= 15 is 0 Å². The third-order valence-corrected chi connectivity index (χ3v) is 9.97. The molecule has 0 unspecified atom stereocenters. The number of aliphatic carboxylic acids is 1. The monoisotopic (exact) mass is 605 g/mol. The van der Waals surface area contributed by atoms with Crippen molar-refractivity contribution in [3.8, 4) is 11.3 Å². The molecule has 0 aliphatic heterocycles. The first kappa shape index (κ1) is 30.1. The molecule has 3 aromatic rings. The molecule has 0 spiro atoms. The second-order valence-corrected chi connectivity index (χ2v) is 13.2. The van der Waals surface area contributed by atoms with Gasteiger partial charge >= 0.3 is 12.1 Å². The molecule has 1 heterocycles.